The van der Waals surface area contributed by atoms with Crippen molar-refractivity contribution in [1.82, 2.24) is 4.57 Å². The molecule has 0 saturated carbocycles. The molecule has 1 aromatic carbocycles. The molecule has 1 heterocycles. The highest BCUT2D eigenvalue weighted by Gasteiger charge is 2.15. The first-order chi connectivity index (χ1) is 9.74. The van der Waals surface area contributed by atoms with Gasteiger partial charge in [0.1, 0.15) is 0 Å². The number of rotatable bonds is 4. The number of anilines is 1. The Morgan fingerprint density at radius 2 is 1.85 bits per heavy atom. The van der Waals surface area contributed by atoms with Crippen molar-refractivity contribution in [2.75, 3.05) is 5.73 Å². The largest absolute Gasteiger partial charge is 0.399 e. The maximum atomic E-state index is 12.0. The molecule has 1 aromatic heterocycles. The van der Waals surface area contributed by atoms with E-state index in [0.29, 0.717) is 0 Å². The SMILES string of the molecule is Nc1ccc(CCCn2c3c(ccc2=O)CCC3)cc1. The molecule has 3 heteroatoms. The molecule has 20 heavy (non-hydrogen) atoms. The predicted octanol–water partition coefficient (Wildman–Crippen LogP) is 2.55. The fourth-order valence-corrected chi connectivity index (χ4v) is 3.00. The van der Waals surface area contributed by atoms with Gasteiger partial charge in [-0.2, -0.15) is 0 Å². The van der Waals surface area contributed by atoms with E-state index < -0.39 is 0 Å². The number of nitrogens with zero attached hydrogens (tertiary/aromatic N) is 1. The van der Waals surface area contributed by atoms with Crippen molar-refractivity contribution in [3.8, 4) is 0 Å². The lowest BCUT2D eigenvalue weighted by Crippen LogP contribution is -2.23. The number of hydrogen-bond donors (Lipinski definition) is 1. The number of benzene rings is 1. The molecule has 1 aliphatic rings. The lowest BCUT2D eigenvalue weighted by molar-refractivity contribution is 0.598. The van der Waals surface area contributed by atoms with Crippen molar-refractivity contribution < 1.29 is 0 Å². The fraction of sp³-hybridized carbons (Fsp3) is 0.353. The van der Waals surface area contributed by atoms with Gasteiger partial charge in [0.15, 0.2) is 0 Å². The Kier molecular flexibility index (Phi) is 3.59. The maximum absolute atomic E-state index is 12.0. The van der Waals surface area contributed by atoms with Crippen LogP contribution in [-0.2, 0) is 25.8 Å². The van der Waals surface area contributed by atoms with Crippen LogP contribution >= 0.6 is 0 Å². The van der Waals surface area contributed by atoms with Crippen LogP contribution in [0.15, 0.2) is 41.2 Å². The molecule has 3 rings (SSSR count). The summed E-state index contributed by atoms with van der Waals surface area (Å²) in [5.41, 5.74) is 10.5. The molecule has 0 unspecified atom stereocenters. The van der Waals surface area contributed by atoms with Gasteiger partial charge in [-0.3, -0.25) is 4.79 Å². The van der Waals surface area contributed by atoms with Crippen molar-refractivity contribution in [2.45, 2.75) is 38.6 Å². The third kappa shape index (κ3) is 2.62. The number of fused-ring (bicyclic) bond motifs is 1. The van der Waals surface area contributed by atoms with E-state index in [9.17, 15) is 4.79 Å². The maximum Gasteiger partial charge on any atom is 0.250 e. The molecule has 2 N–H and O–H groups in total. The minimum atomic E-state index is 0.142. The zero-order valence-electron chi connectivity index (χ0n) is 11.6. The number of nitrogen functional groups attached to an aromatic ring is 1. The summed E-state index contributed by atoms with van der Waals surface area (Å²) in [5.74, 6) is 0. The first-order valence-electron chi connectivity index (χ1n) is 7.30. The first-order valence-corrected chi connectivity index (χ1v) is 7.30. The highest BCUT2D eigenvalue weighted by atomic mass is 16.1. The molecule has 0 aliphatic heterocycles. The Morgan fingerprint density at radius 3 is 2.65 bits per heavy atom. The van der Waals surface area contributed by atoms with Crippen molar-refractivity contribution in [1.29, 1.82) is 0 Å². The zero-order valence-corrected chi connectivity index (χ0v) is 11.6. The smallest absolute Gasteiger partial charge is 0.250 e. The normalized spacial score (nSPS) is 13.4. The lowest BCUT2D eigenvalue weighted by atomic mass is 10.1. The van der Waals surface area contributed by atoms with Crippen molar-refractivity contribution in [3.63, 3.8) is 0 Å². The Hall–Kier alpha value is -2.03. The van der Waals surface area contributed by atoms with E-state index in [4.69, 9.17) is 5.73 Å². The number of aromatic nitrogens is 1. The number of hydrogen-bond acceptors (Lipinski definition) is 2. The highest BCUT2D eigenvalue weighted by molar-refractivity contribution is 5.39. The second-order valence-corrected chi connectivity index (χ2v) is 5.49. The van der Waals surface area contributed by atoms with E-state index in [1.165, 1.54) is 23.2 Å². The van der Waals surface area contributed by atoms with Crippen LogP contribution in [0.1, 0.15) is 29.7 Å². The average Bonchev–Trinajstić information content (AvgIpc) is 2.92. The van der Waals surface area contributed by atoms with E-state index in [1.54, 1.807) is 6.07 Å². The first kappa shape index (κ1) is 13.0. The Balaban J connectivity index is 1.69. The molecule has 0 saturated heterocycles. The average molecular weight is 268 g/mol. The summed E-state index contributed by atoms with van der Waals surface area (Å²) in [5, 5.41) is 0. The van der Waals surface area contributed by atoms with E-state index in [2.05, 4.69) is 12.1 Å². The van der Waals surface area contributed by atoms with E-state index in [0.717, 1.165) is 37.9 Å². The molecule has 2 aromatic rings. The van der Waals surface area contributed by atoms with Gasteiger partial charge in [-0.25, -0.2) is 0 Å². The van der Waals surface area contributed by atoms with Gasteiger partial charge in [-0.05, 0) is 55.4 Å². The van der Waals surface area contributed by atoms with Gasteiger partial charge < -0.3 is 10.3 Å². The van der Waals surface area contributed by atoms with Gasteiger partial charge >= 0.3 is 0 Å². The molecule has 0 bridgehead atoms. The molecule has 0 spiro atoms. The standard InChI is InChI=1S/C17H20N2O/c18-15-9-6-13(7-10-15)3-2-12-19-16-5-1-4-14(16)8-11-17(19)20/h6-11H,1-5,12,18H2. The fourth-order valence-electron chi connectivity index (χ4n) is 3.00. The summed E-state index contributed by atoms with van der Waals surface area (Å²) in [6, 6.07) is 11.7. The molecule has 3 nitrogen and oxygen atoms in total. The van der Waals surface area contributed by atoms with Crippen LogP contribution < -0.4 is 11.3 Å². The van der Waals surface area contributed by atoms with Crippen LogP contribution in [0.4, 0.5) is 5.69 Å². The van der Waals surface area contributed by atoms with Gasteiger partial charge in [0.25, 0.3) is 5.56 Å². The van der Waals surface area contributed by atoms with Crippen molar-refractivity contribution in [3.05, 3.63) is 63.6 Å². The van der Waals surface area contributed by atoms with Gasteiger partial charge in [-0.1, -0.05) is 18.2 Å². The highest BCUT2D eigenvalue weighted by Crippen LogP contribution is 2.20. The molecule has 0 atom stereocenters. The minimum absolute atomic E-state index is 0.142. The molecule has 0 amide bonds. The van der Waals surface area contributed by atoms with Crippen LogP contribution in [0.25, 0.3) is 0 Å². The van der Waals surface area contributed by atoms with Crippen molar-refractivity contribution in [2.24, 2.45) is 0 Å². The minimum Gasteiger partial charge on any atom is -0.399 e. The van der Waals surface area contributed by atoms with Crippen LogP contribution in [-0.4, -0.2) is 4.57 Å². The second-order valence-electron chi connectivity index (χ2n) is 5.49. The lowest BCUT2D eigenvalue weighted by Gasteiger charge is -2.11. The Bertz CT molecular complexity index is 656. The monoisotopic (exact) mass is 268 g/mol. The number of pyridine rings is 1. The predicted molar refractivity (Wildman–Crippen MR) is 81.9 cm³/mol. The van der Waals surface area contributed by atoms with Crippen molar-refractivity contribution >= 4 is 5.69 Å². The van der Waals surface area contributed by atoms with Crippen LogP contribution in [0.5, 0.6) is 0 Å². The third-order valence-electron chi connectivity index (χ3n) is 4.08. The van der Waals surface area contributed by atoms with Gasteiger partial charge in [-0.15, -0.1) is 0 Å². The number of aryl methyl sites for hydroxylation is 2. The summed E-state index contributed by atoms with van der Waals surface area (Å²) in [7, 11) is 0. The molecular weight excluding hydrogens is 248 g/mol. The molecule has 104 valence electrons. The van der Waals surface area contributed by atoms with Crippen LogP contribution in [0, 0.1) is 0 Å². The van der Waals surface area contributed by atoms with Crippen LogP contribution in [0.3, 0.4) is 0 Å². The van der Waals surface area contributed by atoms with E-state index in [1.807, 2.05) is 22.8 Å². The molecule has 1 aliphatic carbocycles. The summed E-state index contributed by atoms with van der Waals surface area (Å²) >= 11 is 0. The van der Waals surface area contributed by atoms with Gasteiger partial charge in [0.2, 0.25) is 0 Å². The van der Waals surface area contributed by atoms with Crippen LogP contribution in [0.2, 0.25) is 0 Å². The summed E-state index contributed by atoms with van der Waals surface area (Å²) < 4.78 is 1.97. The molecular formula is C17H20N2O. The second kappa shape index (κ2) is 5.53. The Labute approximate surface area is 119 Å². The summed E-state index contributed by atoms with van der Waals surface area (Å²) in [6.45, 7) is 0.812. The molecule has 0 fully saturated rings. The zero-order chi connectivity index (χ0) is 13.9. The number of nitrogens with two attached hydrogens (primary N) is 1. The Morgan fingerprint density at radius 1 is 1.05 bits per heavy atom. The van der Waals surface area contributed by atoms with E-state index in [-0.39, 0.29) is 5.56 Å². The third-order valence-corrected chi connectivity index (χ3v) is 4.08. The topological polar surface area (TPSA) is 48.0 Å². The summed E-state index contributed by atoms with van der Waals surface area (Å²) in [6.07, 6.45) is 5.31. The quantitative estimate of drug-likeness (QED) is 0.866. The van der Waals surface area contributed by atoms with Gasteiger partial charge in [0.05, 0.1) is 0 Å². The molecule has 0 radical (unpaired) electrons. The van der Waals surface area contributed by atoms with E-state index >= 15 is 0 Å². The summed E-state index contributed by atoms with van der Waals surface area (Å²) in [4.78, 5) is 12.0. The van der Waals surface area contributed by atoms with Gasteiger partial charge in [0, 0.05) is 24.0 Å².